The largest absolute Gasteiger partial charge is 0.481 e. The Morgan fingerprint density at radius 1 is 0.624 bits per heavy atom. The number of hydrogen-bond acceptors (Lipinski definition) is 19. The number of thioether (sulfide) groups is 1. The third-order valence-electron chi connectivity index (χ3n) is 15.6. The summed E-state index contributed by atoms with van der Waals surface area (Å²) in [6.45, 7) is -0.304. The molecule has 30 nitrogen and oxygen atoms in total. The van der Waals surface area contributed by atoms with Crippen LogP contribution in [0.5, 0.6) is 0 Å². The van der Waals surface area contributed by atoms with Crippen LogP contribution in [0.1, 0.15) is 115 Å². The number of aliphatic hydroxyl groups is 1. The Kier molecular flexibility index (Phi) is 34.6. The quantitative estimate of drug-likeness (QED) is 0.0228. The molecule has 3 aliphatic heterocycles. The number of carboxylic acids is 1. The number of para-hydroxylation sites is 1. The number of hydrogen-bond donors (Lipinski definition) is 12. The Labute approximate surface area is 543 Å². The van der Waals surface area contributed by atoms with Crippen molar-refractivity contribution in [3.8, 4) is 0 Å². The van der Waals surface area contributed by atoms with Gasteiger partial charge in [-0.25, -0.2) is 4.79 Å². The number of fused-ring (bicyclic) bond motifs is 2. The lowest BCUT2D eigenvalue weighted by Gasteiger charge is -2.23. The molecule has 5 rings (SSSR count). The van der Waals surface area contributed by atoms with Gasteiger partial charge in [-0.3, -0.25) is 62.4 Å². The Balaban J connectivity index is 0.882. The van der Waals surface area contributed by atoms with E-state index in [0.717, 1.165) is 58.5 Å². The number of aromatic amines is 1. The number of rotatable bonds is 51. The normalized spacial score (nSPS) is 17.0. The monoisotopic (exact) mass is 1330 g/mol. The number of nitrogens with zero attached hydrogens (tertiary/aromatic N) is 1. The maximum atomic E-state index is 13.9. The van der Waals surface area contributed by atoms with E-state index in [9.17, 15) is 72.5 Å². The number of aliphatic carboxylic acids is 1. The third-order valence-corrected chi connectivity index (χ3v) is 17.1. The highest BCUT2D eigenvalue weighted by atomic mass is 32.2. The first-order valence-corrected chi connectivity index (χ1v) is 32.8. The molecule has 4 heterocycles. The van der Waals surface area contributed by atoms with Crippen LogP contribution in [-0.4, -0.2) is 224 Å². The number of carbonyl (C=O) groups excluding carboxylic acids is 12. The fourth-order valence-corrected chi connectivity index (χ4v) is 12.1. The second-order valence-electron chi connectivity index (χ2n) is 22.8. The number of amides is 11. The molecule has 0 bridgehead atoms. The van der Waals surface area contributed by atoms with Crippen molar-refractivity contribution >= 4 is 99.4 Å². The highest BCUT2D eigenvalue weighted by molar-refractivity contribution is 8.00. The summed E-state index contributed by atoms with van der Waals surface area (Å²) in [4.78, 5) is 166. The van der Waals surface area contributed by atoms with E-state index in [-0.39, 0.29) is 135 Å². The number of ketones is 2. The number of imide groups is 1. The Morgan fingerprint density at radius 2 is 1.26 bits per heavy atom. The van der Waals surface area contributed by atoms with Crippen LogP contribution in [0.2, 0.25) is 0 Å². The summed E-state index contributed by atoms with van der Waals surface area (Å²) in [7, 11) is 0. The molecule has 13 N–H and O–H groups in total. The summed E-state index contributed by atoms with van der Waals surface area (Å²) in [5.41, 5.74) is 7.45. The van der Waals surface area contributed by atoms with Crippen molar-refractivity contribution in [2.45, 2.75) is 151 Å². The molecule has 1 aromatic heterocycles. The van der Waals surface area contributed by atoms with Crippen LogP contribution >= 0.6 is 11.8 Å². The number of Topliss-reactive ketones (excluding diaryl/α,β-unsaturated/α-hetero) is 2. The molecule has 0 radical (unpaired) electrons. The molecule has 1 aromatic carbocycles. The van der Waals surface area contributed by atoms with Crippen molar-refractivity contribution in [2.24, 2.45) is 11.7 Å². The van der Waals surface area contributed by atoms with Crippen molar-refractivity contribution in [2.75, 3.05) is 91.4 Å². The molecular formula is C62H91N11O19S. The van der Waals surface area contributed by atoms with Crippen LogP contribution in [0.4, 0.5) is 4.79 Å². The van der Waals surface area contributed by atoms with Gasteiger partial charge in [-0.15, -0.1) is 0 Å². The number of ether oxygens (including phenoxy) is 4. The number of urea groups is 1. The van der Waals surface area contributed by atoms with Crippen molar-refractivity contribution in [1.29, 1.82) is 0 Å². The van der Waals surface area contributed by atoms with E-state index in [2.05, 4.69) is 47.5 Å². The second-order valence-corrected chi connectivity index (χ2v) is 24.1. The van der Waals surface area contributed by atoms with Gasteiger partial charge in [0.15, 0.2) is 11.6 Å². The minimum absolute atomic E-state index is 0.0364. The highest BCUT2D eigenvalue weighted by Crippen LogP contribution is 2.33. The standard InChI is InChI=1S/C62H91N11O19S/c63-60(86)45(15-6-8-23-64-51(77)18-4-3-17-50-59-47(39-93-50)71-62(88)72-59)69-55(81)38-92-32-30-90-28-25-66-54(80)37-91-31-29-89-27-10-16-48(75)46(36-74)70-61(87)41(34-58(84)85)33-49(76)44(14-5-7-24-65-52(78)22-26-73-56(82)20-21-57(73)83)68-53(79)19-9-11-40-35-67-43-13-2-1-12-42(40)43/h1-2,12-13,20-21,35,41,44-47,50,59,67,74H,3-11,14-19,22-34,36-39H2,(H2,63,86)(H,64,77)(H,65,78)(H,66,80)(H,68,79)(H,69,81)(H,70,87)(H,84,85)(H2,71,72,88). The number of aromatic nitrogens is 1. The van der Waals surface area contributed by atoms with E-state index in [1.54, 1.807) is 0 Å². The van der Waals surface area contributed by atoms with Crippen molar-refractivity contribution in [3.05, 3.63) is 48.2 Å². The smallest absolute Gasteiger partial charge is 0.315 e. The summed E-state index contributed by atoms with van der Waals surface area (Å²) in [5, 5.41) is 43.0. The molecule has 0 saturated carbocycles. The zero-order valence-electron chi connectivity index (χ0n) is 52.5. The number of H-pyrrole nitrogens is 1. The summed E-state index contributed by atoms with van der Waals surface area (Å²) >= 11 is 1.84. The predicted octanol–water partition coefficient (Wildman–Crippen LogP) is -0.382. The Bertz CT molecular complexity index is 2860. The van der Waals surface area contributed by atoms with Crippen LogP contribution < -0.4 is 48.3 Å². The number of benzene rings is 1. The van der Waals surface area contributed by atoms with Crippen LogP contribution in [0, 0.1) is 5.92 Å². The summed E-state index contributed by atoms with van der Waals surface area (Å²) in [6, 6.07) is 4.43. The summed E-state index contributed by atoms with van der Waals surface area (Å²) in [5.74, 6) is -7.78. The summed E-state index contributed by atoms with van der Waals surface area (Å²) in [6.07, 6.45) is 8.71. The lowest BCUT2D eigenvalue weighted by atomic mass is 9.92. The van der Waals surface area contributed by atoms with E-state index in [4.69, 9.17) is 24.7 Å². The molecule has 7 atom stereocenters. The highest BCUT2D eigenvalue weighted by Gasteiger charge is 2.42. The fraction of sp³-hybridized carbons (Fsp3) is 0.629. The molecule has 3 aliphatic rings. The maximum absolute atomic E-state index is 13.9. The van der Waals surface area contributed by atoms with Gasteiger partial charge < -0.3 is 82.4 Å². The number of nitrogens with two attached hydrogens (primary N) is 1. The van der Waals surface area contributed by atoms with E-state index in [0.29, 0.717) is 56.7 Å². The number of aryl methyl sites for hydroxylation is 1. The minimum Gasteiger partial charge on any atom is -0.481 e. The first-order chi connectivity index (χ1) is 44.8. The van der Waals surface area contributed by atoms with Gasteiger partial charge in [0.1, 0.15) is 25.3 Å². The van der Waals surface area contributed by atoms with Gasteiger partial charge in [-0.2, -0.15) is 11.8 Å². The number of carboxylic acid groups (broad SMARTS) is 1. The van der Waals surface area contributed by atoms with E-state index >= 15 is 0 Å². The zero-order valence-corrected chi connectivity index (χ0v) is 53.3. The topological polar surface area (TPSA) is 441 Å². The van der Waals surface area contributed by atoms with Gasteiger partial charge in [0, 0.05) is 105 Å². The predicted molar refractivity (Wildman–Crippen MR) is 337 cm³/mol. The molecule has 2 fully saturated rings. The number of aliphatic hydroxyl groups excluding tert-OH is 1. The molecule has 93 heavy (non-hydrogen) atoms. The van der Waals surface area contributed by atoms with Crippen LogP contribution in [0.3, 0.4) is 0 Å². The van der Waals surface area contributed by atoms with E-state index in [1.165, 1.54) is 0 Å². The molecule has 31 heteroatoms. The number of primary amides is 1. The number of carbonyl (C=O) groups is 13. The molecular weight excluding hydrogens is 1230 g/mol. The van der Waals surface area contributed by atoms with Gasteiger partial charge in [-0.1, -0.05) is 24.6 Å². The SMILES string of the molecule is NC(=O)C(CCCCNC(=O)CCCCC1SCC2NC(=O)NC21)NC(=O)COCCOCCNC(=O)COCCOCCCC(=O)C(CO)NC(=O)C(CC(=O)O)CC(=O)C(CCCCNC(=O)CCN1C(=O)C=CC1=O)NC(=O)CCCc1c[nH]c2ccccc12. The second kappa shape index (κ2) is 42.4. The molecule has 2 aromatic rings. The minimum atomic E-state index is -1.48. The lowest BCUT2D eigenvalue weighted by Crippen LogP contribution is -2.48. The summed E-state index contributed by atoms with van der Waals surface area (Å²) < 4.78 is 21.6. The van der Waals surface area contributed by atoms with Crippen molar-refractivity contribution in [1.82, 2.24) is 52.4 Å². The molecule has 11 amide bonds. The molecule has 514 valence electrons. The molecule has 0 aliphatic carbocycles. The fourth-order valence-electron chi connectivity index (χ4n) is 10.6. The average molecular weight is 1330 g/mol. The Morgan fingerprint density at radius 3 is 1.96 bits per heavy atom. The van der Waals surface area contributed by atoms with Gasteiger partial charge in [-0.05, 0) is 82.3 Å². The number of unbranched alkanes of at least 4 members (excludes halogenated alkanes) is 3. The van der Waals surface area contributed by atoms with E-state index < -0.39 is 108 Å². The van der Waals surface area contributed by atoms with Gasteiger partial charge in [0.05, 0.1) is 70.1 Å². The Hall–Kier alpha value is -7.84. The molecule has 7 unspecified atom stereocenters. The van der Waals surface area contributed by atoms with Crippen LogP contribution in [-0.2, 0) is 82.9 Å². The average Bonchev–Trinajstić information content (AvgIpc) is 1.70. The zero-order chi connectivity index (χ0) is 67.3. The van der Waals surface area contributed by atoms with Crippen LogP contribution in [0.25, 0.3) is 10.9 Å². The van der Waals surface area contributed by atoms with Crippen molar-refractivity contribution in [3.63, 3.8) is 0 Å². The van der Waals surface area contributed by atoms with Gasteiger partial charge in [0.2, 0.25) is 41.4 Å². The van der Waals surface area contributed by atoms with Crippen LogP contribution in [0.15, 0.2) is 42.6 Å². The van der Waals surface area contributed by atoms with E-state index in [1.807, 2.05) is 42.2 Å². The first-order valence-electron chi connectivity index (χ1n) is 31.8. The van der Waals surface area contributed by atoms with Gasteiger partial charge in [0.25, 0.3) is 11.8 Å². The number of nitrogens with one attached hydrogen (secondary N) is 9. The lowest BCUT2D eigenvalue weighted by molar-refractivity contribution is -0.143. The maximum Gasteiger partial charge on any atom is 0.315 e. The molecule has 0 spiro atoms. The van der Waals surface area contributed by atoms with Crippen molar-refractivity contribution < 1.29 is 91.5 Å². The third kappa shape index (κ3) is 28.9. The molecule has 2 saturated heterocycles. The first kappa shape index (κ1) is 75.9. The van der Waals surface area contributed by atoms with Gasteiger partial charge >= 0.3 is 12.0 Å².